The van der Waals surface area contributed by atoms with Crippen LogP contribution in [0.2, 0.25) is 0 Å². The maximum atomic E-state index is 5.33. The zero-order chi connectivity index (χ0) is 6.78. The Labute approximate surface area is 67.4 Å². The molecular weight excluding hydrogens is 194 g/mol. The summed E-state index contributed by atoms with van der Waals surface area (Å²) in [5.41, 5.74) is 0. The van der Waals surface area contributed by atoms with Crippen LogP contribution in [0.25, 0.3) is 0 Å². The molecule has 0 bridgehead atoms. The van der Waals surface area contributed by atoms with Gasteiger partial charge in [-0.25, -0.2) is 0 Å². The molecule has 1 saturated heterocycles. The minimum atomic E-state index is -0.847. The Kier molecular flexibility index (Phi) is 3.79. The molecule has 1 heterocycles. The highest BCUT2D eigenvalue weighted by Crippen LogP contribution is 2.43. The zero-order valence-corrected chi connectivity index (χ0v) is 7.02. The molecule has 5 heteroatoms. The Balaban J connectivity index is 0.000000222. The molecule has 0 spiro atoms. The topological polar surface area (TPSA) is 12.5 Å². The zero-order valence-electron chi connectivity index (χ0n) is 4.00. The SMILES string of the molecule is CC1OC1(Cl)Cl.ClCl. The van der Waals surface area contributed by atoms with Crippen molar-refractivity contribution in [2.75, 3.05) is 0 Å². The van der Waals surface area contributed by atoms with E-state index >= 15 is 0 Å². The summed E-state index contributed by atoms with van der Waals surface area (Å²) in [5.74, 6) is 0. The minimum absolute atomic E-state index is 0.0285. The molecule has 0 aromatic carbocycles. The fraction of sp³-hybridized carbons (Fsp3) is 1.00. The first-order valence-corrected chi connectivity index (χ1v) is 3.73. The summed E-state index contributed by atoms with van der Waals surface area (Å²) in [6.07, 6.45) is 0.0285. The van der Waals surface area contributed by atoms with Crippen LogP contribution in [0.4, 0.5) is 0 Å². The van der Waals surface area contributed by atoms with E-state index in [4.69, 9.17) is 23.2 Å². The van der Waals surface area contributed by atoms with E-state index in [0.717, 1.165) is 0 Å². The van der Waals surface area contributed by atoms with Gasteiger partial charge in [0.1, 0.15) is 6.10 Å². The highest BCUT2D eigenvalue weighted by molar-refractivity contribution is 6.85. The van der Waals surface area contributed by atoms with Gasteiger partial charge >= 0.3 is 0 Å². The molecule has 0 aromatic heterocycles. The first-order chi connectivity index (χ1) is 3.63. The Morgan fingerprint density at radius 2 is 1.50 bits per heavy atom. The second kappa shape index (κ2) is 3.33. The lowest BCUT2D eigenvalue weighted by Crippen LogP contribution is -1.87. The summed E-state index contributed by atoms with van der Waals surface area (Å²) >= 11 is 10.7. The monoisotopic (exact) mass is 196 g/mol. The quantitative estimate of drug-likeness (QED) is 0.430. The lowest BCUT2D eigenvalue weighted by atomic mass is 10.6. The lowest BCUT2D eigenvalue weighted by Gasteiger charge is -1.77. The van der Waals surface area contributed by atoms with Crippen molar-refractivity contribution in [3.63, 3.8) is 0 Å². The summed E-state index contributed by atoms with van der Waals surface area (Å²) in [6.45, 7) is 1.82. The molecule has 8 heavy (non-hydrogen) atoms. The Morgan fingerprint density at radius 3 is 1.50 bits per heavy atom. The van der Waals surface area contributed by atoms with Gasteiger partial charge in [0.2, 0.25) is 4.52 Å². The third-order valence-electron chi connectivity index (χ3n) is 0.750. The highest BCUT2D eigenvalue weighted by atomic mass is 36.5. The molecule has 0 saturated carbocycles. The number of alkyl halides is 2. The molecule has 1 rings (SSSR count). The van der Waals surface area contributed by atoms with Gasteiger partial charge in [-0.15, -0.1) is 0 Å². The number of epoxide rings is 1. The predicted octanol–water partition coefficient (Wildman–Crippen LogP) is 2.92. The van der Waals surface area contributed by atoms with Crippen molar-refractivity contribution in [3.8, 4) is 0 Å². The van der Waals surface area contributed by atoms with Crippen molar-refractivity contribution in [2.24, 2.45) is 0 Å². The molecule has 0 aromatic rings. The van der Waals surface area contributed by atoms with Crippen LogP contribution >= 0.6 is 44.9 Å². The maximum absolute atomic E-state index is 5.33. The standard InChI is InChI=1S/C3H4Cl2O.Cl2/c1-2-3(4,5)6-2;1-2/h2H,1H3;. The first-order valence-electron chi connectivity index (χ1n) is 1.83. The second-order valence-electron chi connectivity index (χ2n) is 1.32. The fourth-order valence-corrected chi connectivity index (χ4v) is 0.469. The van der Waals surface area contributed by atoms with E-state index in [-0.39, 0.29) is 6.10 Å². The predicted molar refractivity (Wildman–Crippen MR) is 36.7 cm³/mol. The maximum Gasteiger partial charge on any atom is 0.244 e. The third-order valence-corrected chi connectivity index (χ3v) is 1.54. The van der Waals surface area contributed by atoms with Gasteiger partial charge in [0.25, 0.3) is 0 Å². The summed E-state index contributed by atoms with van der Waals surface area (Å²) < 4.78 is 3.79. The molecular formula is C3H4Cl4O. The first kappa shape index (κ1) is 9.12. The normalized spacial score (nSPS) is 30.4. The average molecular weight is 198 g/mol. The number of ether oxygens (including phenoxy) is 1. The van der Waals surface area contributed by atoms with Crippen LogP contribution in [0.5, 0.6) is 0 Å². The van der Waals surface area contributed by atoms with E-state index in [1.807, 2.05) is 6.92 Å². The van der Waals surface area contributed by atoms with Crippen LogP contribution in [0.1, 0.15) is 6.92 Å². The van der Waals surface area contributed by atoms with E-state index in [1.54, 1.807) is 0 Å². The van der Waals surface area contributed by atoms with Gasteiger partial charge in [0, 0.05) is 21.7 Å². The average Bonchev–Trinajstić information content (AvgIpc) is 2.19. The molecule has 1 nitrogen and oxygen atoms in total. The van der Waals surface area contributed by atoms with E-state index in [9.17, 15) is 0 Å². The van der Waals surface area contributed by atoms with Crippen molar-refractivity contribution in [1.82, 2.24) is 0 Å². The molecule has 1 aliphatic rings. The molecule has 50 valence electrons. The van der Waals surface area contributed by atoms with Crippen LogP contribution in [0.3, 0.4) is 0 Å². The summed E-state index contributed by atoms with van der Waals surface area (Å²) in [7, 11) is 8.22. The molecule has 1 fully saturated rings. The van der Waals surface area contributed by atoms with Crippen molar-refractivity contribution in [3.05, 3.63) is 0 Å². The molecule has 0 amide bonds. The summed E-state index contributed by atoms with van der Waals surface area (Å²) in [4.78, 5) is 0. The summed E-state index contributed by atoms with van der Waals surface area (Å²) in [6, 6.07) is 0. The van der Waals surface area contributed by atoms with Crippen LogP contribution in [0.15, 0.2) is 0 Å². The number of rotatable bonds is 0. The van der Waals surface area contributed by atoms with Gasteiger partial charge in [-0.05, 0) is 6.92 Å². The van der Waals surface area contributed by atoms with Crippen LogP contribution in [-0.4, -0.2) is 10.6 Å². The molecule has 1 unspecified atom stereocenters. The van der Waals surface area contributed by atoms with Gasteiger partial charge in [-0.3, -0.25) is 0 Å². The number of hydrogen-bond acceptors (Lipinski definition) is 1. The van der Waals surface area contributed by atoms with Gasteiger partial charge in [0.05, 0.1) is 0 Å². The minimum Gasteiger partial charge on any atom is -0.336 e. The third kappa shape index (κ3) is 2.60. The van der Waals surface area contributed by atoms with Crippen molar-refractivity contribution >= 4 is 44.9 Å². The van der Waals surface area contributed by atoms with Crippen LogP contribution in [0, 0.1) is 0 Å². The van der Waals surface area contributed by atoms with Gasteiger partial charge in [0.15, 0.2) is 0 Å². The Hall–Kier alpha value is 1.12. The van der Waals surface area contributed by atoms with Gasteiger partial charge < -0.3 is 4.74 Å². The van der Waals surface area contributed by atoms with Crippen molar-refractivity contribution < 1.29 is 4.74 Å². The fourth-order valence-electron chi connectivity index (χ4n) is 0.202. The van der Waals surface area contributed by atoms with E-state index in [2.05, 4.69) is 26.4 Å². The van der Waals surface area contributed by atoms with E-state index in [0.29, 0.717) is 0 Å². The van der Waals surface area contributed by atoms with Crippen molar-refractivity contribution in [1.29, 1.82) is 0 Å². The Morgan fingerprint density at radius 1 is 1.38 bits per heavy atom. The largest absolute Gasteiger partial charge is 0.336 e. The second-order valence-corrected chi connectivity index (χ2v) is 2.64. The van der Waals surface area contributed by atoms with Crippen LogP contribution in [-0.2, 0) is 4.74 Å². The van der Waals surface area contributed by atoms with Gasteiger partial charge in [-0.2, -0.15) is 0 Å². The molecule has 0 radical (unpaired) electrons. The molecule has 1 atom stereocenters. The van der Waals surface area contributed by atoms with Crippen molar-refractivity contribution in [2.45, 2.75) is 17.5 Å². The van der Waals surface area contributed by atoms with Crippen LogP contribution < -0.4 is 0 Å². The Bertz CT molecular complexity index is 73.7. The number of hydrogen-bond donors (Lipinski definition) is 0. The smallest absolute Gasteiger partial charge is 0.244 e. The summed E-state index contributed by atoms with van der Waals surface area (Å²) in [5, 5.41) is 0. The highest BCUT2D eigenvalue weighted by Gasteiger charge is 2.50. The molecule has 0 N–H and O–H groups in total. The molecule has 1 aliphatic heterocycles. The van der Waals surface area contributed by atoms with E-state index < -0.39 is 4.52 Å². The van der Waals surface area contributed by atoms with Gasteiger partial charge in [-0.1, -0.05) is 23.2 Å². The number of halogens is 4. The van der Waals surface area contributed by atoms with E-state index in [1.165, 1.54) is 0 Å². The lowest BCUT2D eigenvalue weighted by molar-refractivity contribution is 0.398. The molecule has 0 aliphatic carbocycles.